The maximum absolute atomic E-state index is 13.1. The van der Waals surface area contributed by atoms with Crippen molar-refractivity contribution < 1.29 is 35.9 Å². The van der Waals surface area contributed by atoms with Crippen molar-refractivity contribution in [1.29, 1.82) is 0 Å². The van der Waals surface area contributed by atoms with Crippen LogP contribution in [-0.2, 0) is 12.7 Å². The molecule has 3 aromatic rings. The van der Waals surface area contributed by atoms with Crippen LogP contribution in [0.25, 0.3) is 11.3 Å². The lowest BCUT2D eigenvalue weighted by molar-refractivity contribution is -0.274. The number of ether oxygens (including phenoxy) is 1. The molecule has 0 aliphatic carbocycles. The Morgan fingerprint density at radius 3 is 2.29 bits per heavy atom. The molecule has 2 aromatic carbocycles. The van der Waals surface area contributed by atoms with E-state index < -0.39 is 29.9 Å². The number of nitrogens with one attached hydrogen (secondary N) is 1. The standard InChI is InChI=1S/C24H21F6N3O2/c1-15(2)33(22(34)32-19-6-8-20(9-7-19)35-24(28,29)30)14-16-4-3-5-17(12-16)21-13-18(10-11-31-21)23(25,26)27/h3-13,15H,14H2,1-2H3,(H,32,34). The molecule has 0 aliphatic heterocycles. The summed E-state index contributed by atoms with van der Waals surface area (Å²) in [6, 6.07) is 12.4. The molecule has 1 N–H and O–H groups in total. The van der Waals surface area contributed by atoms with Gasteiger partial charge in [-0.2, -0.15) is 13.2 Å². The maximum Gasteiger partial charge on any atom is 0.573 e. The summed E-state index contributed by atoms with van der Waals surface area (Å²) < 4.78 is 79.9. The molecule has 0 bridgehead atoms. The van der Waals surface area contributed by atoms with Crippen LogP contribution >= 0.6 is 0 Å². The van der Waals surface area contributed by atoms with E-state index in [1.165, 1.54) is 17.0 Å². The second-order valence-electron chi connectivity index (χ2n) is 7.85. The average Bonchev–Trinajstić information content (AvgIpc) is 2.77. The third kappa shape index (κ3) is 7.36. The first-order valence-electron chi connectivity index (χ1n) is 10.4. The van der Waals surface area contributed by atoms with Crippen molar-refractivity contribution in [3.63, 3.8) is 0 Å². The highest BCUT2D eigenvalue weighted by atomic mass is 19.4. The van der Waals surface area contributed by atoms with Crippen LogP contribution in [0.5, 0.6) is 5.75 Å². The van der Waals surface area contributed by atoms with Gasteiger partial charge in [-0.25, -0.2) is 4.79 Å². The van der Waals surface area contributed by atoms with Crippen molar-refractivity contribution in [1.82, 2.24) is 9.88 Å². The summed E-state index contributed by atoms with van der Waals surface area (Å²) in [6.45, 7) is 3.68. The molecule has 0 aliphatic rings. The van der Waals surface area contributed by atoms with Crippen molar-refractivity contribution in [3.8, 4) is 17.0 Å². The van der Waals surface area contributed by atoms with Gasteiger partial charge in [-0.1, -0.05) is 18.2 Å². The van der Waals surface area contributed by atoms with Crippen molar-refractivity contribution in [2.75, 3.05) is 5.32 Å². The van der Waals surface area contributed by atoms with E-state index in [1.54, 1.807) is 38.1 Å². The summed E-state index contributed by atoms with van der Waals surface area (Å²) in [5.74, 6) is -0.420. The second-order valence-corrected chi connectivity index (χ2v) is 7.85. The minimum Gasteiger partial charge on any atom is -0.406 e. The summed E-state index contributed by atoms with van der Waals surface area (Å²) >= 11 is 0. The number of hydrogen-bond donors (Lipinski definition) is 1. The van der Waals surface area contributed by atoms with E-state index in [4.69, 9.17) is 0 Å². The minimum atomic E-state index is -4.82. The number of halogens is 6. The zero-order valence-electron chi connectivity index (χ0n) is 18.6. The van der Waals surface area contributed by atoms with Crippen LogP contribution in [0, 0.1) is 0 Å². The molecule has 186 valence electrons. The van der Waals surface area contributed by atoms with Gasteiger partial charge in [0.2, 0.25) is 0 Å². The Bertz CT molecular complexity index is 1160. The summed E-state index contributed by atoms with van der Waals surface area (Å²) in [4.78, 5) is 18.3. The SMILES string of the molecule is CC(C)N(Cc1cccc(-c2cc(C(F)(F)F)ccn2)c1)C(=O)Nc1ccc(OC(F)(F)F)cc1. The lowest BCUT2D eigenvalue weighted by Crippen LogP contribution is -2.39. The molecule has 5 nitrogen and oxygen atoms in total. The molecule has 1 aromatic heterocycles. The van der Waals surface area contributed by atoms with Crippen LogP contribution in [0.2, 0.25) is 0 Å². The highest BCUT2D eigenvalue weighted by Gasteiger charge is 2.31. The van der Waals surface area contributed by atoms with Gasteiger partial charge in [-0.05, 0) is 61.9 Å². The van der Waals surface area contributed by atoms with E-state index in [1.807, 2.05) is 0 Å². The Morgan fingerprint density at radius 1 is 1.00 bits per heavy atom. The number of urea groups is 1. The summed E-state index contributed by atoms with van der Waals surface area (Å²) in [5.41, 5.74) is 0.695. The maximum atomic E-state index is 13.1. The molecule has 11 heteroatoms. The van der Waals surface area contributed by atoms with E-state index in [0.717, 1.165) is 30.5 Å². The molecule has 2 amide bonds. The summed E-state index contributed by atoms with van der Waals surface area (Å²) in [5, 5.41) is 2.62. The molecule has 3 rings (SSSR count). The van der Waals surface area contributed by atoms with Crippen molar-refractivity contribution in [3.05, 3.63) is 78.0 Å². The first kappa shape index (κ1) is 25.9. The quantitative estimate of drug-likeness (QED) is 0.370. The minimum absolute atomic E-state index is 0.131. The fraction of sp³-hybridized carbons (Fsp3) is 0.250. The van der Waals surface area contributed by atoms with Crippen LogP contribution in [-0.4, -0.2) is 28.3 Å². The van der Waals surface area contributed by atoms with Gasteiger partial charge >= 0.3 is 18.6 Å². The fourth-order valence-corrected chi connectivity index (χ4v) is 3.21. The molecule has 0 spiro atoms. The first-order valence-corrected chi connectivity index (χ1v) is 10.4. The topological polar surface area (TPSA) is 54.5 Å². The number of benzene rings is 2. The zero-order chi connectivity index (χ0) is 25.8. The molecular weight excluding hydrogens is 476 g/mol. The number of aromatic nitrogens is 1. The average molecular weight is 497 g/mol. The third-order valence-electron chi connectivity index (χ3n) is 4.89. The highest BCUT2D eigenvalue weighted by molar-refractivity contribution is 5.89. The predicted molar refractivity (Wildman–Crippen MR) is 117 cm³/mol. The number of pyridine rings is 1. The number of rotatable bonds is 6. The number of anilines is 1. The Labute approximate surface area is 197 Å². The highest BCUT2D eigenvalue weighted by Crippen LogP contribution is 2.31. The van der Waals surface area contributed by atoms with E-state index in [2.05, 4.69) is 15.0 Å². The number of alkyl halides is 6. The third-order valence-corrected chi connectivity index (χ3v) is 4.89. The fourth-order valence-electron chi connectivity index (χ4n) is 3.21. The van der Waals surface area contributed by atoms with Gasteiger partial charge in [-0.3, -0.25) is 4.98 Å². The van der Waals surface area contributed by atoms with Crippen LogP contribution in [0.3, 0.4) is 0 Å². The molecule has 0 atom stereocenters. The zero-order valence-corrected chi connectivity index (χ0v) is 18.6. The lowest BCUT2D eigenvalue weighted by atomic mass is 10.1. The molecular formula is C24H21F6N3O2. The molecule has 0 radical (unpaired) electrons. The molecule has 0 fully saturated rings. The molecule has 0 saturated carbocycles. The van der Waals surface area contributed by atoms with E-state index in [-0.39, 0.29) is 24.0 Å². The van der Waals surface area contributed by atoms with Crippen LogP contribution in [0.4, 0.5) is 36.8 Å². The van der Waals surface area contributed by atoms with Crippen molar-refractivity contribution in [2.45, 2.75) is 39.0 Å². The Balaban J connectivity index is 1.75. The second kappa shape index (κ2) is 10.2. The molecule has 35 heavy (non-hydrogen) atoms. The predicted octanol–water partition coefficient (Wildman–Crippen LogP) is 7.11. The van der Waals surface area contributed by atoms with Crippen molar-refractivity contribution in [2.24, 2.45) is 0 Å². The number of nitrogens with zero attached hydrogens (tertiary/aromatic N) is 2. The lowest BCUT2D eigenvalue weighted by Gasteiger charge is -2.27. The van der Waals surface area contributed by atoms with Gasteiger partial charge in [0.05, 0.1) is 11.3 Å². The molecule has 1 heterocycles. The van der Waals surface area contributed by atoms with Gasteiger partial charge < -0.3 is 15.0 Å². The van der Waals surface area contributed by atoms with E-state index in [9.17, 15) is 31.1 Å². The Morgan fingerprint density at radius 2 is 1.69 bits per heavy atom. The van der Waals surface area contributed by atoms with Gasteiger partial charge in [0, 0.05) is 30.0 Å². The number of carbonyl (C=O) groups is 1. The monoisotopic (exact) mass is 497 g/mol. The number of carbonyl (C=O) groups excluding carboxylic acids is 1. The first-order chi connectivity index (χ1) is 16.3. The van der Waals surface area contributed by atoms with Crippen LogP contribution in [0.1, 0.15) is 25.0 Å². The molecule has 0 unspecified atom stereocenters. The normalized spacial score (nSPS) is 11.9. The van der Waals surface area contributed by atoms with Gasteiger partial charge in [0.1, 0.15) is 5.75 Å². The number of amides is 2. The van der Waals surface area contributed by atoms with Crippen LogP contribution < -0.4 is 10.1 Å². The van der Waals surface area contributed by atoms with Gasteiger partial charge in [0.15, 0.2) is 0 Å². The Hall–Kier alpha value is -3.76. The van der Waals surface area contributed by atoms with Crippen LogP contribution in [0.15, 0.2) is 66.9 Å². The van der Waals surface area contributed by atoms with Gasteiger partial charge in [0.25, 0.3) is 0 Å². The van der Waals surface area contributed by atoms with Gasteiger partial charge in [-0.15, -0.1) is 13.2 Å². The summed E-state index contributed by atoms with van der Waals surface area (Å²) in [6.07, 6.45) is -8.24. The number of hydrogen-bond acceptors (Lipinski definition) is 3. The molecule has 0 saturated heterocycles. The van der Waals surface area contributed by atoms with E-state index >= 15 is 0 Å². The van der Waals surface area contributed by atoms with Crippen molar-refractivity contribution >= 4 is 11.7 Å². The largest absolute Gasteiger partial charge is 0.573 e. The Kier molecular flexibility index (Phi) is 7.57. The summed E-state index contributed by atoms with van der Waals surface area (Å²) in [7, 11) is 0. The van der Waals surface area contributed by atoms with E-state index in [0.29, 0.717) is 11.1 Å². The smallest absolute Gasteiger partial charge is 0.406 e.